The van der Waals surface area contributed by atoms with Crippen LogP contribution in [-0.4, -0.2) is 59.4 Å². The lowest BCUT2D eigenvalue weighted by Crippen LogP contribution is -2.72. The smallest absolute Gasteiger partial charge is 0.251 e. The average Bonchev–Trinajstić information content (AvgIpc) is 3.19. The number of nitrogens with one attached hydrogen (secondary N) is 2. The Labute approximate surface area is 193 Å². The number of likely N-dealkylation sites (tertiary alicyclic amines) is 1. The van der Waals surface area contributed by atoms with Gasteiger partial charge >= 0.3 is 0 Å². The lowest BCUT2D eigenvalue weighted by molar-refractivity contribution is -0.164. The third-order valence-electron chi connectivity index (χ3n) is 6.36. The van der Waals surface area contributed by atoms with E-state index in [1.54, 1.807) is 61.5 Å². The summed E-state index contributed by atoms with van der Waals surface area (Å²) in [5, 5.41) is 16.0. The van der Waals surface area contributed by atoms with Gasteiger partial charge in [-0.05, 0) is 17.7 Å². The van der Waals surface area contributed by atoms with Crippen molar-refractivity contribution in [3.8, 4) is 0 Å². The molecule has 33 heavy (non-hydrogen) atoms. The number of rotatable bonds is 9. The van der Waals surface area contributed by atoms with Gasteiger partial charge in [-0.1, -0.05) is 55.5 Å². The number of imide groups is 1. The number of likely N-dealkylation sites (N-methyl/N-ethyl adjacent to an activating group) is 1. The Hall–Kier alpha value is -3.52. The van der Waals surface area contributed by atoms with E-state index in [4.69, 9.17) is 0 Å². The molecule has 0 unspecified atom stereocenters. The Morgan fingerprint density at radius 2 is 1.52 bits per heavy atom. The van der Waals surface area contributed by atoms with Crippen molar-refractivity contribution in [2.45, 2.75) is 31.7 Å². The van der Waals surface area contributed by atoms with Crippen molar-refractivity contribution in [1.29, 1.82) is 0 Å². The third-order valence-corrected chi connectivity index (χ3v) is 6.36. The Balaban J connectivity index is 2.09. The van der Waals surface area contributed by atoms with Crippen LogP contribution in [0.25, 0.3) is 0 Å². The maximum absolute atomic E-state index is 13.6. The fourth-order valence-electron chi connectivity index (χ4n) is 4.42. The Morgan fingerprint density at radius 3 is 2.03 bits per heavy atom. The second kappa shape index (κ2) is 9.95. The summed E-state index contributed by atoms with van der Waals surface area (Å²) in [5.41, 5.74) is -2.02. The van der Waals surface area contributed by atoms with E-state index in [1.165, 1.54) is 7.05 Å². The van der Waals surface area contributed by atoms with Crippen LogP contribution < -0.4 is 10.6 Å². The molecule has 0 radical (unpaired) electrons. The summed E-state index contributed by atoms with van der Waals surface area (Å²) in [5.74, 6) is -1.93. The summed E-state index contributed by atoms with van der Waals surface area (Å²) in [6.45, 7) is 0.906. The molecule has 8 heteroatoms. The van der Waals surface area contributed by atoms with Crippen molar-refractivity contribution in [1.82, 2.24) is 15.5 Å². The molecule has 1 fully saturated rings. The van der Waals surface area contributed by atoms with Gasteiger partial charge in [0, 0.05) is 43.8 Å². The van der Waals surface area contributed by atoms with Gasteiger partial charge in [0.2, 0.25) is 17.7 Å². The topological polar surface area (TPSA) is 116 Å². The van der Waals surface area contributed by atoms with Crippen LogP contribution in [0.2, 0.25) is 0 Å². The van der Waals surface area contributed by atoms with Gasteiger partial charge in [-0.3, -0.25) is 24.1 Å². The van der Waals surface area contributed by atoms with Crippen molar-refractivity contribution >= 4 is 23.6 Å². The maximum atomic E-state index is 13.6. The van der Waals surface area contributed by atoms with E-state index in [1.807, 2.05) is 6.07 Å². The molecule has 1 saturated heterocycles. The quantitative estimate of drug-likeness (QED) is 0.497. The highest BCUT2D eigenvalue weighted by molar-refractivity contribution is 6.08. The van der Waals surface area contributed by atoms with Gasteiger partial charge in [0.1, 0.15) is 5.54 Å². The monoisotopic (exact) mass is 451 g/mol. The lowest BCUT2D eigenvalue weighted by Gasteiger charge is -2.50. The third kappa shape index (κ3) is 4.52. The molecule has 2 atom stereocenters. The average molecular weight is 452 g/mol. The summed E-state index contributed by atoms with van der Waals surface area (Å²) >= 11 is 0. The number of aliphatic hydroxyl groups is 1. The Kier molecular flexibility index (Phi) is 7.28. The Bertz CT molecular complexity index is 1010. The molecule has 2 aromatic carbocycles. The maximum Gasteiger partial charge on any atom is 0.251 e. The molecule has 0 spiro atoms. The first-order valence-corrected chi connectivity index (χ1v) is 10.8. The molecule has 0 bridgehead atoms. The van der Waals surface area contributed by atoms with Gasteiger partial charge in [-0.15, -0.1) is 0 Å². The number of nitrogens with zero attached hydrogens (tertiary/aromatic N) is 1. The minimum Gasteiger partial charge on any atom is -0.396 e. The van der Waals surface area contributed by atoms with Gasteiger partial charge in [0.15, 0.2) is 0 Å². The zero-order valence-corrected chi connectivity index (χ0v) is 18.8. The molecule has 8 nitrogen and oxygen atoms in total. The zero-order chi connectivity index (χ0) is 24.1. The number of aliphatic hydroxyl groups excluding tert-OH is 1. The summed E-state index contributed by atoms with van der Waals surface area (Å²) < 4.78 is 0. The van der Waals surface area contributed by atoms with Crippen LogP contribution in [0.4, 0.5) is 0 Å². The van der Waals surface area contributed by atoms with Crippen LogP contribution in [0, 0.1) is 5.41 Å². The molecule has 0 saturated carbocycles. The number of carbonyl (C=O) groups excluding carboxylic acids is 4. The summed E-state index contributed by atoms with van der Waals surface area (Å²) in [6.07, 6.45) is -0.0300. The highest BCUT2D eigenvalue weighted by atomic mass is 16.3. The summed E-state index contributed by atoms with van der Waals surface area (Å²) in [7, 11) is 1.42. The van der Waals surface area contributed by atoms with Crippen LogP contribution in [-0.2, 0) is 20.8 Å². The van der Waals surface area contributed by atoms with Crippen LogP contribution in [0.3, 0.4) is 0 Å². The minimum atomic E-state index is -1.76. The van der Waals surface area contributed by atoms with E-state index in [2.05, 4.69) is 10.6 Å². The largest absolute Gasteiger partial charge is 0.396 e. The van der Waals surface area contributed by atoms with Crippen LogP contribution in [0.1, 0.15) is 35.7 Å². The van der Waals surface area contributed by atoms with E-state index in [-0.39, 0.29) is 31.7 Å². The van der Waals surface area contributed by atoms with Crippen molar-refractivity contribution in [2.75, 3.05) is 20.2 Å². The van der Waals surface area contributed by atoms with E-state index in [0.717, 1.165) is 4.90 Å². The molecule has 1 aliphatic rings. The van der Waals surface area contributed by atoms with Gasteiger partial charge < -0.3 is 15.7 Å². The number of benzene rings is 2. The molecule has 1 aliphatic heterocycles. The molecular weight excluding hydrogens is 422 g/mol. The zero-order valence-electron chi connectivity index (χ0n) is 18.8. The summed E-state index contributed by atoms with van der Waals surface area (Å²) in [6, 6.07) is 17.5. The van der Waals surface area contributed by atoms with Crippen molar-refractivity contribution < 1.29 is 24.3 Å². The van der Waals surface area contributed by atoms with Crippen molar-refractivity contribution in [3.63, 3.8) is 0 Å². The SMILES string of the molecule is CNC(=O)[C@](Cc1ccccc1)(N1C(=O)CCC1=O)[C@](C)(CO)CNC(=O)c1ccccc1. The fraction of sp³-hybridized carbons (Fsp3) is 0.360. The van der Waals surface area contributed by atoms with Crippen LogP contribution in [0.5, 0.6) is 0 Å². The second-order valence-electron chi connectivity index (χ2n) is 8.49. The number of carbonyl (C=O) groups is 4. The molecule has 3 rings (SSSR count). The fourth-order valence-corrected chi connectivity index (χ4v) is 4.42. The molecule has 174 valence electrons. The van der Waals surface area contributed by atoms with Gasteiger partial charge in [-0.2, -0.15) is 0 Å². The molecule has 0 aliphatic carbocycles. The van der Waals surface area contributed by atoms with E-state index >= 15 is 0 Å². The standard InChI is InChI=1S/C25H29N3O5/c1-24(17-29,16-27-22(32)19-11-7-4-8-12-19)25(23(33)26-2,15-18-9-5-3-6-10-18)28-20(30)13-14-21(28)31/h3-12,29H,13-17H2,1-2H3,(H,26,33)(H,27,32)/t24-,25-/m0/s1. The van der Waals surface area contributed by atoms with E-state index in [9.17, 15) is 24.3 Å². The first-order valence-electron chi connectivity index (χ1n) is 10.8. The number of hydrogen-bond donors (Lipinski definition) is 3. The second-order valence-corrected chi connectivity index (χ2v) is 8.49. The minimum absolute atomic E-state index is 0.00967. The molecule has 4 amide bonds. The first-order chi connectivity index (χ1) is 15.8. The molecular formula is C25H29N3O5. The van der Waals surface area contributed by atoms with Crippen molar-refractivity contribution in [3.05, 3.63) is 71.8 Å². The predicted molar refractivity (Wildman–Crippen MR) is 122 cm³/mol. The molecule has 3 N–H and O–H groups in total. The Morgan fingerprint density at radius 1 is 0.970 bits per heavy atom. The van der Waals surface area contributed by atoms with Crippen LogP contribution in [0.15, 0.2) is 60.7 Å². The normalized spacial score (nSPS) is 17.2. The van der Waals surface area contributed by atoms with Crippen molar-refractivity contribution in [2.24, 2.45) is 5.41 Å². The molecule has 2 aromatic rings. The first kappa shape index (κ1) is 24.1. The predicted octanol–water partition coefficient (Wildman–Crippen LogP) is 1.29. The van der Waals surface area contributed by atoms with Gasteiger partial charge in [0.25, 0.3) is 5.91 Å². The lowest BCUT2D eigenvalue weighted by atomic mass is 9.65. The number of hydrogen-bond acceptors (Lipinski definition) is 5. The summed E-state index contributed by atoms with van der Waals surface area (Å²) in [4.78, 5) is 53.1. The van der Waals surface area contributed by atoms with Crippen LogP contribution >= 0.6 is 0 Å². The highest BCUT2D eigenvalue weighted by Crippen LogP contribution is 2.42. The number of amides is 4. The molecule has 0 aromatic heterocycles. The van der Waals surface area contributed by atoms with E-state index in [0.29, 0.717) is 11.1 Å². The highest BCUT2D eigenvalue weighted by Gasteiger charge is 2.61. The van der Waals surface area contributed by atoms with Gasteiger partial charge in [0.05, 0.1) is 6.61 Å². The molecule has 1 heterocycles. The van der Waals surface area contributed by atoms with Gasteiger partial charge in [-0.25, -0.2) is 0 Å². The van der Waals surface area contributed by atoms with E-state index < -0.39 is 35.3 Å².